The van der Waals surface area contributed by atoms with E-state index in [2.05, 4.69) is 6.07 Å². The van der Waals surface area contributed by atoms with Crippen molar-refractivity contribution in [3.63, 3.8) is 0 Å². The number of hydrogen-bond acceptors (Lipinski definition) is 4. The Morgan fingerprint density at radius 3 is 2.36 bits per heavy atom. The summed E-state index contributed by atoms with van der Waals surface area (Å²) in [4.78, 5) is 28.3. The molecule has 5 rings (SSSR count). The second kappa shape index (κ2) is 11.0. The zero-order chi connectivity index (χ0) is 33.2. The van der Waals surface area contributed by atoms with Crippen LogP contribution in [0.25, 0.3) is 5.57 Å². The summed E-state index contributed by atoms with van der Waals surface area (Å²) in [6, 6.07) is 11.1. The number of carboxylic acid groups (broad SMARTS) is 1. The van der Waals surface area contributed by atoms with Crippen molar-refractivity contribution in [3.05, 3.63) is 104 Å². The lowest BCUT2D eigenvalue weighted by molar-refractivity contribution is -0.138. The lowest BCUT2D eigenvalue weighted by Crippen LogP contribution is -2.47. The predicted octanol–water partition coefficient (Wildman–Crippen LogP) is 8.29. The number of amides is 1. The summed E-state index contributed by atoms with van der Waals surface area (Å²) in [5.74, 6) is -4.57. The van der Waals surface area contributed by atoms with Crippen molar-refractivity contribution in [1.29, 1.82) is 5.26 Å². The van der Waals surface area contributed by atoms with Crippen LogP contribution in [0.4, 0.5) is 27.6 Å². The van der Waals surface area contributed by atoms with Gasteiger partial charge in [-0.15, -0.1) is 0 Å². The van der Waals surface area contributed by atoms with Crippen LogP contribution in [0.1, 0.15) is 54.2 Å². The molecule has 2 aliphatic heterocycles. The second-order valence-electron chi connectivity index (χ2n) is 12.0. The topological polar surface area (TPSA) is 84.6 Å². The SMILES string of the molecule is CC(C)(C)C[C@@H]1N2CN(c3ccc(C(=O)O)c(C(F)(F)F)c3)C(=O)C2=C(c2cccc(Cl)c2F)[C@@]1(C#N)c1ccc(Cl)cc1F. The van der Waals surface area contributed by atoms with Crippen molar-refractivity contribution in [1.82, 2.24) is 4.90 Å². The third kappa shape index (κ3) is 5.30. The van der Waals surface area contributed by atoms with Gasteiger partial charge in [0.25, 0.3) is 5.91 Å². The molecule has 0 aromatic heterocycles. The van der Waals surface area contributed by atoms with E-state index in [0.29, 0.717) is 6.07 Å². The van der Waals surface area contributed by atoms with E-state index in [0.717, 1.165) is 23.1 Å². The van der Waals surface area contributed by atoms with Crippen LogP contribution in [0, 0.1) is 28.4 Å². The van der Waals surface area contributed by atoms with Gasteiger partial charge in [0.15, 0.2) is 0 Å². The van der Waals surface area contributed by atoms with E-state index >= 15 is 8.78 Å². The Bertz CT molecular complexity index is 1830. The van der Waals surface area contributed by atoms with Gasteiger partial charge < -0.3 is 10.0 Å². The first-order valence-electron chi connectivity index (χ1n) is 13.5. The molecule has 1 amide bonds. The lowest BCUT2D eigenvalue weighted by Gasteiger charge is -2.40. The number of halogens is 7. The number of nitrogens with zero attached hydrogens (tertiary/aromatic N) is 3. The number of alkyl halides is 3. The number of anilines is 1. The van der Waals surface area contributed by atoms with Gasteiger partial charge in [-0.1, -0.05) is 62.2 Å². The molecular weight excluding hydrogens is 640 g/mol. The highest BCUT2D eigenvalue weighted by atomic mass is 35.5. The fourth-order valence-electron chi connectivity index (χ4n) is 6.14. The Morgan fingerprint density at radius 1 is 1.09 bits per heavy atom. The number of aromatic carboxylic acids is 1. The van der Waals surface area contributed by atoms with Crippen LogP contribution in [-0.4, -0.2) is 34.6 Å². The van der Waals surface area contributed by atoms with Crippen LogP contribution in [0.3, 0.4) is 0 Å². The van der Waals surface area contributed by atoms with Gasteiger partial charge in [-0.3, -0.25) is 9.69 Å². The molecule has 3 aromatic carbocycles. The van der Waals surface area contributed by atoms with Gasteiger partial charge >= 0.3 is 12.1 Å². The number of fused-ring (bicyclic) bond motifs is 1. The highest BCUT2D eigenvalue weighted by molar-refractivity contribution is 6.31. The van der Waals surface area contributed by atoms with Gasteiger partial charge in [0, 0.05) is 27.4 Å². The standard InChI is InChI=1S/C32H24Cl2F5N3O3/c1-30(2,3)13-24-31(14-40,20-10-7-16(33)11-23(20)35)25(19-5-4-6-22(34)26(19)36)27-28(43)41(15-42(24)27)17-8-9-18(29(44)45)21(12-17)32(37,38)39/h4-12,24H,13,15H2,1-3H3,(H,44,45)/t24-,31-/m0/s1. The molecule has 0 radical (unpaired) electrons. The summed E-state index contributed by atoms with van der Waals surface area (Å²) in [5.41, 5.74) is -6.19. The van der Waals surface area contributed by atoms with Crippen molar-refractivity contribution < 1.29 is 36.6 Å². The Kier molecular flexibility index (Phi) is 7.91. The minimum absolute atomic E-state index is 0.0332. The van der Waals surface area contributed by atoms with Crippen molar-refractivity contribution >= 4 is 46.3 Å². The molecule has 0 saturated carbocycles. The van der Waals surface area contributed by atoms with Gasteiger partial charge in [-0.05, 0) is 48.2 Å². The predicted molar refractivity (Wildman–Crippen MR) is 157 cm³/mol. The molecule has 0 spiro atoms. The van der Waals surface area contributed by atoms with Crippen LogP contribution < -0.4 is 4.90 Å². The Morgan fingerprint density at radius 2 is 1.78 bits per heavy atom. The van der Waals surface area contributed by atoms with Crippen molar-refractivity contribution in [2.75, 3.05) is 11.6 Å². The summed E-state index contributed by atoms with van der Waals surface area (Å²) in [5, 5.41) is 20.0. The molecular formula is C32H24Cl2F5N3O3. The normalized spacial score (nSPS) is 20.1. The van der Waals surface area contributed by atoms with E-state index in [4.69, 9.17) is 23.2 Å². The summed E-state index contributed by atoms with van der Waals surface area (Å²) in [7, 11) is 0. The lowest BCUT2D eigenvalue weighted by atomic mass is 9.65. The highest BCUT2D eigenvalue weighted by Gasteiger charge is 2.61. The smallest absolute Gasteiger partial charge is 0.417 e. The van der Waals surface area contributed by atoms with Crippen LogP contribution in [0.15, 0.2) is 60.3 Å². The Labute approximate surface area is 264 Å². The number of rotatable bonds is 5. The molecule has 234 valence electrons. The van der Waals surface area contributed by atoms with E-state index in [1.54, 1.807) is 0 Å². The first-order valence-corrected chi connectivity index (χ1v) is 14.3. The van der Waals surface area contributed by atoms with Gasteiger partial charge in [0.1, 0.15) is 22.7 Å². The maximum absolute atomic E-state index is 15.9. The third-order valence-corrected chi connectivity index (χ3v) is 8.47. The molecule has 0 bridgehead atoms. The Hall–Kier alpha value is -4.14. The van der Waals surface area contributed by atoms with Gasteiger partial charge in [0.2, 0.25) is 0 Å². The number of carbonyl (C=O) groups is 2. The fraction of sp³-hybridized carbons (Fsp3) is 0.281. The van der Waals surface area contributed by atoms with Gasteiger partial charge in [-0.25, -0.2) is 13.6 Å². The van der Waals surface area contributed by atoms with E-state index in [1.165, 1.54) is 35.2 Å². The summed E-state index contributed by atoms with van der Waals surface area (Å²) in [6.45, 7) is 5.14. The van der Waals surface area contributed by atoms with E-state index < -0.39 is 64.4 Å². The van der Waals surface area contributed by atoms with E-state index in [-0.39, 0.29) is 44.6 Å². The molecule has 45 heavy (non-hydrogen) atoms. The molecule has 2 heterocycles. The van der Waals surface area contributed by atoms with Crippen molar-refractivity contribution in [3.8, 4) is 6.07 Å². The van der Waals surface area contributed by atoms with Crippen molar-refractivity contribution in [2.45, 2.75) is 44.8 Å². The second-order valence-corrected chi connectivity index (χ2v) is 12.9. The zero-order valence-corrected chi connectivity index (χ0v) is 25.5. The number of carbonyl (C=O) groups excluding carboxylic acids is 1. The minimum Gasteiger partial charge on any atom is -0.478 e. The molecule has 1 saturated heterocycles. The zero-order valence-electron chi connectivity index (χ0n) is 23.9. The van der Waals surface area contributed by atoms with Crippen LogP contribution in [0.5, 0.6) is 0 Å². The minimum atomic E-state index is -5.06. The molecule has 6 nitrogen and oxygen atoms in total. The van der Waals surface area contributed by atoms with Gasteiger partial charge in [-0.2, -0.15) is 18.4 Å². The maximum atomic E-state index is 15.9. The van der Waals surface area contributed by atoms with E-state index in [9.17, 15) is 33.1 Å². The first-order chi connectivity index (χ1) is 20.9. The van der Waals surface area contributed by atoms with Gasteiger partial charge in [0.05, 0.1) is 34.9 Å². The molecule has 13 heteroatoms. The molecule has 2 aliphatic rings. The third-order valence-electron chi connectivity index (χ3n) is 7.95. The summed E-state index contributed by atoms with van der Waals surface area (Å²) >= 11 is 12.2. The molecule has 2 atom stereocenters. The first kappa shape index (κ1) is 32.3. The quantitative estimate of drug-likeness (QED) is 0.278. The number of nitriles is 1. The average molecular weight is 664 g/mol. The van der Waals surface area contributed by atoms with Crippen LogP contribution in [-0.2, 0) is 16.4 Å². The highest BCUT2D eigenvalue weighted by Crippen LogP contribution is 2.57. The maximum Gasteiger partial charge on any atom is 0.417 e. The molecule has 3 aromatic rings. The fourth-order valence-corrected chi connectivity index (χ4v) is 6.48. The molecule has 1 fully saturated rings. The average Bonchev–Trinajstić information content (AvgIpc) is 3.40. The van der Waals surface area contributed by atoms with Crippen LogP contribution >= 0.6 is 23.2 Å². The summed E-state index contributed by atoms with van der Waals surface area (Å²) < 4.78 is 73.4. The molecule has 0 unspecified atom stereocenters. The summed E-state index contributed by atoms with van der Waals surface area (Å²) in [6.07, 6.45) is -4.92. The largest absolute Gasteiger partial charge is 0.478 e. The van der Waals surface area contributed by atoms with Crippen LogP contribution in [0.2, 0.25) is 10.0 Å². The molecule has 0 aliphatic carbocycles. The number of carboxylic acids is 1. The van der Waals surface area contributed by atoms with E-state index in [1.807, 2.05) is 20.8 Å². The van der Waals surface area contributed by atoms with Crippen molar-refractivity contribution in [2.24, 2.45) is 5.41 Å². The molecule has 1 N–H and O–H groups in total. The Balaban J connectivity index is 1.84. The monoisotopic (exact) mass is 663 g/mol. The number of hydrogen-bond donors (Lipinski definition) is 1. The number of benzene rings is 3.